The fourth-order valence-corrected chi connectivity index (χ4v) is 15.7. The summed E-state index contributed by atoms with van der Waals surface area (Å²) in [6.07, 6.45) is 32.2. The van der Waals surface area contributed by atoms with E-state index >= 15 is 0 Å². The summed E-state index contributed by atoms with van der Waals surface area (Å²) in [6.45, 7) is 14.6. The Balaban J connectivity index is 0.672. The van der Waals surface area contributed by atoms with Crippen LogP contribution in [0.1, 0.15) is 197 Å². The Labute approximate surface area is 608 Å². The second-order valence-electron chi connectivity index (χ2n) is 25.7. The van der Waals surface area contributed by atoms with Crippen molar-refractivity contribution in [1.29, 1.82) is 15.8 Å². The number of ether oxygens (including phenoxy) is 6. The molecule has 3 heterocycles. The van der Waals surface area contributed by atoms with E-state index in [1.54, 1.807) is 22.7 Å². The van der Waals surface area contributed by atoms with E-state index in [1.807, 2.05) is 133 Å². The highest BCUT2D eigenvalue weighted by Gasteiger charge is 2.21. The van der Waals surface area contributed by atoms with Crippen LogP contribution in [-0.2, 0) is 34.0 Å². The summed E-state index contributed by atoms with van der Waals surface area (Å²) in [5, 5.41) is 27.3. The van der Waals surface area contributed by atoms with Crippen LogP contribution in [0.5, 0.6) is 17.2 Å². The van der Waals surface area contributed by atoms with Gasteiger partial charge in [0, 0.05) is 39.3 Å². The van der Waals surface area contributed by atoms with Crippen molar-refractivity contribution in [3.8, 4) is 88.3 Å². The van der Waals surface area contributed by atoms with Gasteiger partial charge in [-0.15, -0.1) is 34.0 Å². The summed E-state index contributed by atoms with van der Waals surface area (Å²) in [6, 6.07) is 61.2. The predicted octanol–water partition coefficient (Wildman–Crippen LogP) is 25.3. The van der Waals surface area contributed by atoms with Gasteiger partial charge in [-0.2, -0.15) is 15.8 Å². The minimum absolute atomic E-state index is 0.563. The van der Waals surface area contributed by atoms with E-state index in [-0.39, 0.29) is 0 Å². The summed E-state index contributed by atoms with van der Waals surface area (Å²) < 4.78 is 37.5. The lowest BCUT2D eigenvalue weighted by molar-refractivity contribution is 0.117. The van der Waals surface area contributed by atoms with Gasteiger partial charge in [0.15, 0.2) is 0 Å². The van der Waals surface area contributed by atoms with Crippen molar-refractivity contribution in [2.45, 2.75) is 174 Å². The minimum Gasteiger partial charge on any atom is -0.494 e. The monoisotopic (exact) mass is 1390 g/mol. The number of thiophene rings is 3. The van der Waals surface area contributed by atoms with E-state index in [2.05, 4.69) is 86.0 Å². The molecule has 6 aromatic carbocycles. The van der Waals surface area contributed by atoms with Crippen LogP contribution < -0.4 is 14.2 Å². The maximum absolute atomic E-state index is 9.12. The van der Waals surface area contributed by atoms with Crippen molar-refractivity contribution in [3.63, 3.8) is 0 Å². The molecule has 0 amide bonds. The molecule has 9 rings (SSSR count). The molecule has 0 unspecified atom stereocenters. The SMILES string of the molecule is C=Cc1cc(COCCCCCCCCCCOc2ccc(-c3ccc(C#N)cc3)cc2)c(-c2cc(COCCCCCCCCCCOc3ccc(-c4ccc(C#N)cc4)cc3)c(-c3cc(COCCCCCCCCCCOc4ccc(-c5ccc(C#N)cc5)cc4)c(C=C)s3)s2)s1. The van der Waals surface area contributed by atoms with E-state index < -0.39 is 0 Å². The number of nitrogens with zero attached hydrogens (tertiary/aromatic N) is 3. The summed E-state index contributed by atoms with van der Waals surface area (Å²) in [5.74, 6) is 2.69. The Morgan fingerprint density at radius 3 is 0.880 bits per heavy atom. The Morgan fingerprint density at radius 2 is 0.560 bits per heavy atom. The maximum Gasteiger partial charge on any atom is 0.119 e. The van der Waals surface area contributed by atoms with Crippen LogP contribution in [0.25, 0.3) is 65.0 Å². The van der Waals surface area contributed by atoms with Gasteiger partial charge >= 0.3 is 0 Å². The molecule has 0 aliphatic carbocycles. The van der Waals surface area contributed by atoms with Gasteiger partial charge in [0.1, 0.15) is 17.2 Å². The van der Waals surface area contributed by atoms with Crippen LogP contribution in [-0.4, -0.2) is 39.6 Å². The molecule has 0 radical (unpaired) electrons. The molecule has 0 aliphatic rings. The molecule has 0 atom stereocenters. The van der Waals surface area contributed by atoms with E-state index in [9.17, 15) is 0 Å². The van der Waals surface area contributed by atoms with Gasteiger partial charge in [0.05, 0.1) is 84.3 Å². The molecule has 12 heteroatoms. The average molecular weight is 1390 g/mol. The molecular weight excluding hydrogens is 1290 g/mol. The second-order valence-corrected chi connectivity index (χ2v) is 28.9. The molecule has 520 valence electrons. The third kappa shape index (κ3) is 25.7. The molecule has 0 bridgehead atoms. The van der Waals surface area contributed by atoms with Crippen molar-refractivity contribution in [1.82, 2.24) is 0 Å². The lowest BCUT2D eigenvalue weighted by atomic mass is 10.0. The van der Waals surface area contributed by atoms with Crippen LogP contribution in [0.2, 0.25) is 0 Å². The summed E-state index contributed by atoms with van der Waals surface area (Å²) in [4.78, 5) is 7.31. The summed E-state index contributed by atoms with van der Waals surface area (Å²) >= 11 is 5.46. The third-order valence-corrected chi connectivity index (χ3v) is 21.9. The molecule has 0 saturated carbocycles. The number of rotatable bonds is 49. The molecule has 100 heavy (non-hydrogen) atoms. The van der Waals surface area contributed by atoms with Gasteiger partial charge in [-0.05, 0) is 180 Å². The molecule has 0 N–H and O–H groups in total. The Bertz CT molecular complexity index is 3960. The zero-order valence-electron chi connectivity index (χ0n) is 58.5. The minimum atomic E-state index is 0.563. The average Bonchev–Trinajstić information content (AvgIpc) is 1.63. The van der Waals surface area contributed by atoms with Gasteiger partial charge in [-0.3, -0.25) is 0 Å². The van der Waals surface area contributed by atoms with E-state index in [0.717, 1.165) is 139 Å². The first-order chi connectivity index (χ1) is 49.4. The van der Waals surface area contributed by atoms with Crippen LogP contribution in [0.4, 0.5) is 0 Å². The molecule has 0 aliphatic heterocycles. The highest BCUT2D eigenvalue weighted by Crippen LogP contribution is 2.46. The van der Waals surface area contributed by atoms with E-state index in [1.165, 1.54) is 152 Å². The largest absolute Gasteiger partial charge is 0.494 e. The van der Waals surface area contributed by atoms with Gasteiger partial charge in [0.2, 0.25) is 0 Å². The molecular formula is C88H99N3O6S3. The number of unbranched alkanes of at least 4 members (excludes halogenated alkanes) is 21. The van der Waals surface area contributed by atoms with Crippen LogP contribution in [0, 0.1) is 34.0 Å². The molecule has 9 aromatic rings. The lowest BCUT2D eigenvalue weighted by Crippen LogP contribution is -1.97. The van der Waals surface area contributed by atoms with Crippen molar-refractivity contribution in [2.24, 2.45) is 0 Å². The van der Waals surface area contributed by atoms with Gasteiger partial charge < -0.3 is 28.4 Å². The van der Waals surface area contributed by atoms with Crippen LogP contribution in [0.15, 0.2) is 177 Å². The standard InChI is InChI=1S/C88H99N3O6S3/c1-3-83-59-78(66-93-54-24-18-12-6-9-15-21-27-57-96-81-49-43-75(44-50-81)72-37-31-69(63-90)32-38-72)87(98-83)86-61-79(67-94-55-25-19-13-7-10-16-22-28-58-97-82-51-45-76(46-52-82)73-39-33-70(64-91)34-40-73)88(100-86)85-60-77(84(4-2)99-85)65-92-53-23-17-11-5-8-14-20-26-56-95-80-47-41-74(42-48-80)71-35-29-68(62-89)30-36-71/h3-4,29-52,59-61H,1-2,5-28,53-58,65-67H2. The number of benzene rings is 6. The fraction of sp³-hybridized carbons (Fsp3) is 0.375. The summed E-state index contributed by atoms with van der Waals surface area (Å²) in [5.41, 5.74) is 12.3. The first-order valence-electron chi connectivity index (χ1n) is 36.5. The second kappa shape index (κ2) is 44.0. The highest BCUT2D eigenvalue weighted by molar-refractivity contribution is 7.27. The zero-order chi connectivity index (χ0) is 69.5. The molecule has 0 saturated heterocycles. The van der Waals surface area contributed by atoms with Gasteiger partial charge in [0.25, 0.3) is 0 Å². The van der Waals surface area contributed by atoms with E-state index in [4.69, 9.17) is 44.2 Å². The van der Waals surface area contributed by atoms with Crippen molar-refractivity contribution in [2.75, 3.05) is 39.6 Å². The van der Waals surface area contributed by atoms with Crippen LogP contribution in [0.3, 0.4) is 0 Å². The van der Waals surface area contributed by atoms with Crippen molar-refractivity contribution >= 4 is 46.2 Å². The molecule has 0 fully saturated rings. The van der Waals surface area contributed by atoms with Gasteiger partial charge in [-0.25, -0.2) is 0 Å². The lowest BCUT2D eigenvalue weighted by Gasteiger charge is -2.08. The Kier molecular flexibility index (Phi) is 33.4. The predicted molar refractivity (Wildman–Crippen MR) is 417 cm³/mol. The molecule has 3 aromatic heterocycles. The smallest absolute Gasteiger partial charge is 0.119 e. The fourth-order valence-electron chi connectivity index (χ4n) is 12.2. The van der Waals surface area contributed by atoms with Crippen LogP contribution >= 0.6 is 34.0 Å². The number of hydrogen-bond donors (Lipinski definition) is 0. The normalized spacial score (nSPS) is 11.1. The van der Waals surface area contributed by atoms with Crippen molar-refractivity contribution < 1.29 is 28.4 Å². The van der Waals surface area contributed by atoms with E-state index in [0.29, 0.717) is 36.5 Å². The first kappa shape index (κ1) is 75.8. The number of nitriles is 3. The quantitative estimate of drug-likeness (QED) is 0.0343. The topological polar surface area (TPSA) is 127 Å². The number of hydrogen-bond acceptors (Lipinski definition) is 12. The Morgan fingerprint density at radius 1 is 0.290 bits per heavy atom. The highest BCUT2D eigenvalue weighted by atomic mass is 32.1. The maximum atomic E-state index is 9.12. The zero-order valence-corrected chi connectivity index (χ0v) is 61.0. The van der Waals surface area contributed by atoms with Crippen molar-refractivity contribution in [3.05, 3.63) is 220 Å². The molecule has 9 nitrogen and oxygen atoms in total. The molecule has 0 spiro atoms. The Hall–Kier alpha value is -8.35. The van der Waals surface area contributed by atoms with Gasteiger partial charge in [-0.1, -0.05) is 214 Å². The third-order valence-electron chi connectivity index (χ3n) is 18.0. The first-order valence-corrected chi connectivity index (χ1v) is 38.9. The summed E-state index contributed by atoms with van der Waals surface area (Å²) in [7, 11) is 0.